The molecule has 0 aliphatic rings. The fourth-order valence-corrected chi connectivity index (χ4v) is 2.97. The maximum atomic E-state index is 12.8. The van der Waals surface area contributed by atoms with Gasteiger partial charge in [-0.25, -0.2) is 0 Å². The molecule has 4 heteroatoms. The molecule has 146 valence electrons. The van der Waals surface area contributed by atoms with Crippen molar-refractivity contribution in [2.75, 3.05) is 19.0 Å². The largest absolute Gasteiger partial charge is 0.497 e. The Balaban J connectivity index is 1.72. The molecule has 0 spiro atoms. The van der Waals surface area contributed by atoms with E-state index in [1.165, 1.54) is 0 Å². The van der Waals surface area contributed by atoms with E-state index < -0.39 is 0 Å². The molecule has 1 atom stereocenters. The minimum Gasteiger partial charge on any atom is -0.497 e. The van der Waals surface area contributed by atoms with E-state index in [-0.39, 0.29) is 11.8 Å². The molecule has 0 aliphatic carbocycles. The molecule has 3 rings (SSSR count). The van der Waals surface area contributed by atoms with Crippen LogP contribution in [0.2, 0.25) is 0 Å². The molecular formula is C24H27NO3. The van der Waals surface area contributed by atoms with Crippen LogP contribution in [0.25, 0.3) is 10.8 Å². The van der Waals surface area contributed by atoms with Gasteiger partial charge >= 0.3 is 0 Å². The molecule has 0 saturated heterocycles. The maximum absolute atomic E-state index is 12.8. The summed E-state index contributed by atoms with van der Waals surface area (Å²) in [7, 11) is 1.66. The van der Waals surface area contributed by atoms with Crippen molar-refractivity contribution in [1.29, 1.82) is 0 Å². The zero-order chi connectivity index (χ0) is 20.1. The highest BCUT2D eigenvalue weighted by Gasteiger charge is 2.16. The van der Waals surface area contributed by atoms with Crippen LogP contribution in [0.4, 0.5) is 5.69 Å². The van der Waals surface area contributed by atoms with Gasteiger partial charge in [-0.2, -0.15) is 0 Å². The topological polar surface area (TPSA) is 47.6 Å². The molecule has 0 aliphatic heterocycles. The third-order valence-electron chi connectivity index (χ3n) is 4.65. The summed E-state index contributed by atoms with van der Waals surface area (Å²) in [4.78, 5) is 12.8. The molecule has 0 saturated carbocycles. The number of hydrogen-bond acceptors (Lipinski definition) is 3. The second-order valence-corrected chi connectivity index (χ2v) is 7.42. The lowest BCUT2D eigenvalue weighted by atomic mass is 9.97. The highest BCUT2D eigenvalue weighted by molar-refractivity contribution is 5.96. The van der Waals surface area contributed by atoms with Gasteiger partial charge in [-0.05, 0) is 53.4 Å². The Labute approximate surface area is 166 Å². The first-order chi connectivity index (χ1) is 13.5. The van der Waals surface area contributed by atoms with Gasteiger partial charge in [0, 0.05) is 11.8 Å². The number of anilines is 1. The fourth-order valence-electron chi connectivity index (χ4n) is 2.97. The van der Waals surface area contributed by atoms with Gasteiger partial charge < -0.3 is 14.8 Å². The monoisotopic (exact) mass is 377 g/mol. The number of fused-ring (bicyclic) bond motifs is 1. The predicted molar refractivity (Wildman–Crippen MR) is 114 cm³/mol. The summed E-state index contributed by atoms with van der Waals surface area (Å²) in [6.45, 7) is 6.77. The van der Waals surface area contributed by atoms with Crippen molar-refractivity contribution < 1.29 is 14.3 Å². The average molecular weight is 377 g/mol. The highest BCUT2D eigenvalue weighted by atomic mass is 16.5. The van der Waals surface area contributed by atoms with Gasteiger partial charge in [0.2, 0.25) is 5.91 Å². The van der Waals surface area contributed by atoms with Gasteiger partial charge in [-0.1, -0.05) is 44.2 Å². The van der Waals surface area contributed by atoms with Crippen molar-refractivity contribution in [3.05, 3.63) is 66.2 Å². The first-order valence-electron chi connectivity index (χ1n) is 9.57. The second kappa shape index (κ2) is 8.79. The third-order valence-corrected chi connectivity index (χ3v) is 4.65. The Bertz CT molecular complexity index is 965. The molecule has 28 heavy (non-hydrogen) atoms. The SMILES string of the molecule is COc1ccc2cc([C@H](C)C(=O)Nc3cccc(OCC(C)C)c3)ccc2c1. The van der Waals surface area contributed by atoms with E-state index in [9.17, 15) is 4.79 Å². The van der Waals surface area contributed by atoms with Gasteiger partial charge in [0.1, 0.15) is 11.5 Å². The summed E-state index contributed by atoms with van der Waals surface area (Å²) in [6.07, 6.45) is 0. The van der Waals surface area contributed by atoms with E-state index in [1.54, 1.807) is 7.11 Å². The number of ether oxygens (including phenoxy) is 2. The molecule has 0 radical (unpaired) electrons. The molecule has 0 bridgehead atoms. The molecule has 4 nitrogen and oxygen atoms in total. The standard InChI is InChI=1S/C24H27NO3/c1-16(2)15-28-23-7-5-6-21(14-23)25-24(26)17(3)18-8-9-20-13-22(27-4)11-10-19(20)12-18/h5-14,16-17H,15H2,1-4H3,(H,25,26)/t17-/m0/s1. The summed E-state index contributed by atoms with van der Waals surface area (Å²) >= 11 is 0. The van der Waals surface area contributed by atoms with Crippen molar-refractivity contribution in [1.82, 2.24) is 0 Å². The van der Waals surface area contributed by atoms with Crippen LogP contribution in [0.1, 0.15) is 32.3 Å². The number of amides is 1. The van der Waals surface area contributed by atoms with Gasteiger partial charge in [-0.15, -0.1) is 0 Å². The summed E-state index contributed by atoms with van der Waals surface area (Å²) in [5.41, 5.74) is 1.71. The van der Waals surface area contributed by atoms with Crippen LogP contribution in [0, 0.1) is 5.92 Å². The van der Waals surface area contributed by atoms with Crippen molar-refractivity contribution in [3.8, 4) is 11.5 Å². The molecule has 0 fully saturated rings. The molecule has 3 aromatic rings. The van der Waals surface area contributed by atoms with E-state index in [0.29, 0.717) is 12.5 Å². The molecule has 0 unspecified atom stereocenters. The Morgan fingerprint density at radius 2 is 1.68 bits per heavy atom. The van der Waals surface area contributed by atoms with Gasteiger partial charge in [0.15, 0.2) is 0 Å². The lowest BCUT2D eigenvalue weighted by molar-refractivity contribution is -0.117. The number of carbonyl (C=O) groups excluding carboxylic acids is 1. The molecule has 0 aromatic heterocycles. The molecule has 1 amide bonds. The van der Waals surface area contributed by atoms with Crippen molar-refractivity contribution in [2.24, 2.45) is 5.92 Å². The first kappa shape index (κ1) is 19.7. The van der Waals surface area contributed by atoms with Crippen LogP contribution in [-0.4, -0.2) is 19.6 Å². The smallest absolute Gasteiger partial charge is 0.231 e. The van der Waals surface area contributed by atoms with Gasteiger partial charge in [0.25, 0.3) is 0 Å². The van der Waals surface area contributed by atoms with E-state index in [1.807, 2.05) is 61.5 Å². The minimum absolute atomic E-state index is 0.0473. The Hall–Kier alpha value is -3.01. The zero-order valence-electron chi connectivity index (χ0n) is 16.9. The Kier molecular flexibility index (Phi) is 6.19. The summed E-state index contributed by atoms with van der Waals surface area (Å²) in [5, 5.41) is 5.17. The quantitative estimate of drug-likeness (QED) is 0.581. The average Bonchev–Trinajstić information content (AvgIpc) is 2.71. The number of nitrogens with one attached hydrogen (secondary N) is 1. The number of benzene rings is 3. The van der Waals surface area contributed by atoms with E-state index in [4.69, 9.17) is 9.47 Å². The minimum atomic E-state index is -0.272. The van der Waals surface area contributed by atoms with Crippen LogP contribution in [0.15, 0.2) is 60.7 Å². The highest BCUT2D eigenvalue weighted by Crippen LogP contribution is 2.26. The van der Waals surface area contributed by atoms with Crippen LogP contribution in [0.5, 0.6) is 11.5 Å². The third kappa shape index (κ3) is 4.83. The predicted octanol–water partition coefficient (Wildman–Crippen LogP) is 5.63. The fraction of sp³-hybridized carbons (Fsp3) is 0.292. The molecule has 0 heterocycles. The number of carbonyl (C=O) groups is 1. The van der Waals surface area contributed by atoms with E-state index in [2.05, 4.69) is 25.2 Å². The summed E-state index contributed by atoms with van der Waals surface area (Å²) in [6, 6.07) is 19.5. The number of rotatable bonds is 7. The van der Waals surface area contributed by atoms with Crippen LogP contribution in [0.3, 0.4) is 0 Å². The van der Waals surface area contributed by atoms with Crippen molar-refractivity contribution in [3.63, 3.8) is 0 Å². The van der Waals surface area contributed by atoms with Crippen LogP contribution in [-0.2, 0) is 4.79 Å². The molecular weight excluding hydrogens is 350 g/mol. The van der Waals surface area contributed by atoms with Crippen LogP contribution >= 0.6 is 0 Å². The van der Waals surface area contributed by atoms with E-state index >= 15 is 0 Å². The zero-order valence-corrected chi connectivity index (χ0v) is 16.9. The second-order valence-electron chi connectivity index (χ2n) is 7.42. The lowest BCUT2D eigenvalue weighted by Gasteiger charge is -2.15. The van der Waals surface area contributed by atoms with Crippen molar-refractivity contribution >= 4 is 22.4 Å². The number of hydrogen-bond donors (Lipinski definition) is 1. The molecule has 3 aromatic carbocycles. The Morgan fingerprint density at radius 1 is 0.929 bits per heavy atom. The summed E-state index contributed by atoms with van der Waals surface area (Å²) in [5.74, 6) is 1.72. The number of methoxy groups -OCH3 is 1. The maximum Gasteiger partial charge on any atom is 0.231 e. The molecule has 1 N–H and O–H groups in total. The lowest BCUT2D eigenvalue weighted by Crippen LogP contribution is -2.18. The van der Waals surface area contributed by atoms with Gasteiger partial charge in [-0.3, -0.25) is 4.79 Å². The Morgan fingerprint density at radius 3 is 2.43 bits per heavy atom. The first-order valence-corrected chi connectivity index (χ1v) is 9.57. The van der Waals surface area contributed by atoms with E-state index in [0.717, 1.165) is 33.5 Å². The van der Waals surface area contributed by atoms with Gasteiger partial charge in [0.05, 0.1) is 19.6 Å². The normalized spacial score (nSPS) is 12.0. The van der Waals surface area contributed by atoms with Crippen molar-refractivity contribution in [2.45, 2.75) is 26.7 Å². The van der Waals surface area contributed by atoms with Crippen LogP contribution < -0.4 is 14.8 Å². The summed E-state index contributed by atoms with van der Waals surface area (Å²) < 4.78 is 11.0.